The van der Waals surface area contributed by atoms with E-state index in [1.54, 1.807) is 13.2 Å². The van der Waals surface area contributed by atoms with Crippen molar-refractivity contribution in [2.45, 2.75) is 0 Å². The number of nitro groups is 1. The summed E-state index contributed by atoms with van der Waals surface area (Å²) in [5, 5.41) is 10.9. The molecule has 2 rings (SSSR count). The van der Waals surface area contributed by atoms with Crippen molar-refractivity contribution in [1.29, 1.82) is 0 Å². The third-order valence-electron chi connectivity index (χ3n) is 3.10. The fraction of sp³-hybridized carbons (Fsp3) is 0.176. The van der Waals surface area contributed by atoms with Crippen molar-refractivity contribution in [3.05, 3.63) is 63.7 Å². The van der Waals surface area contributed by atoms with Crippen LogP contribution in [0.25, 0.3) is 0 Å². The molecule has 0 fully saturated rings. The molecule has 0 radical (unpaired) electrons. The maximum atomic E-state index is 10.9. The van der Waals surface area contributed by atoms with Gasteiger partial charge in [-0.2, -0.15) is 0 Å². The number of methoxy groups -OCH3 is 1. The van der Waals surface area contributed by atoms with E-state index in [4.69, 9.17) is 4.74 Å². The minimum absolute atomic E-state index is 0.0321. The molecule has 5 nitrogen and oxygen atoms in total. The van der Waals surface area contributed by atoms with Crippen molar-refractivity contribution < 1.29 is 9.66 Å². The third kappa shape index (κ3) is 3.55. The van der Waals surface area contributed by atoms with Crippen LogP contribution in [0.4, 0.5) is 11.4 Å². The molecule has 2 aromatic carbocycles. The van der Waals surface area contributed by atoms with Gasteiger partial charge in [0, 0.05) is 31.8 Å². The van der Waals surface area contributed by atoms with Gasteiger partial charge in [0.05, 0.1) is 23.3 Å². The van der Waals surface area contributed by atoms with E-state index in [-0.39, 0.29) is 5.69 Å². The monoisotopic (exact) mass is 296 g/mol. The van der Waals surface area contributed by atoms with Crippen LogP contribution in [0.2, 0.25) is 0 Å². The van der Waals surface area contributed by atoms with E-state index in [2.05, 4.69) is 11.8 Å². The highest BCUT2D eigenvalue weighted by Gasteiger charge is 2.10. The van der Waals surface area contributed by atoms with Crippen LogP contribution in [-0.2, 0) is 0 Å². The molecule has 0 spiro atoms. The number of non-ortho nitro benzene ring substituents is 1. The van der Waals surface area contributed by atoms with Crippen LogP contribution < -0.4 is 9.64 Å². The smallest absolute Gasteiger partial charge is 0.270 e. The van der Waals surface area contributed by atoms with E-state index in [9.17, 15) is 10.1 Å². The summed E-state index contributed by atoms with van der Waals surface area (Å²) in [6.45, 7) is 0. The van der Waals surface area contributed by atoms with Crippen molar-refractivity contribution in [1.82, 2.24) is 0 Å². The van der Waals surface area contributed by atoms with E-state index in [1.165, 1.54) is 12.1 Å². The van der Waals surface area contributed by atoms with Gasteiger partial charge in [0.1, 0.15) is 5.75 Å². The van der Waals surface area contributed by atoms with E-state index in [0.717, 1.165) is 17.0 Å². The minimum Gasteiger partial charge on any atom is -0.497 e. The normalized spacial score (nSPS) is 9.59. The quantitative estimate of drug-likeness (QED) is 0.496. The average molecular weight is 296 g/mol. The van der Waals surface area contributed by atoms with Gasteiger partial charge in [-0.05, 0) is 30.3 Å². The lowest BCUT2D eigenvalue weighted by Gasteiger charge is -2.14. The summed E-state index contributed by atoms with van der Waals surface area (Å²) in [5.74, 6) is 6.78. The molecule has 2 aromatic rings. The van der Waals surface area contributed by atoms with Gasteiger partial charge < -0.3 is 9.64 Å². The highest BCUT2D eigenvalue weighted by Crippen LogP contribution is 2.23. The van der Waals surface area contributed by atoms with Crippen molar-refractivity contribution >= 4 is 11.4 Å². The second kappa shape index (κ2) is 6.64. The summed E-state index contributed by atoms with van der Waals surface area (Å²) >= 11 is 0. The molecule has 0 amide bonds. The maximum absolute atomic E-state index is 10.9. The predicted octanol–water partition coefficient (Wildman–Crippen LogP) is 3.07. The fourth-order valence-electron chi connectivity index (χ4n) is 1.94. The highest BCUT2D eigenvalue weighted by molar-refractivity contribution is 5.64. The molecule has 0 heterocycles. The van der Waals surface area contributed by atoms with Gasteiger partial charge in [0.2, 0.25) is 0 Å². The Bertz CT molecular complexity index is 741. The summed E-state index contributed by atoms with van der Waals surface area (Å²) in [4.78, 5) is 12.4. The number of hydrogen-bond donors (Lipinski definition) is 0. The summed E-state index contributed by atoms with van der Waals surface area (Å²) in [6.07, 6.45) is 0. The van der Waals surface area contributed by atoms with Gasteiger partial charge in [-0.3, -0.25) is 10.1 Å². The second-order valence-corrected chi connectivity index (χ2v) is 4.83. The lowest BCUT2D eigenvalue weighted by atomic mass is 10.1. The third-order valence-corrected chi connectivity index (χ3v) is 3.10. The lowest BCUT2D eigenvalue weighted by Crippen LogP contribution is -2.10. The van der Waals surface area contributed by atoms with Crippen LogP contribution in [0.1, 0.15) is 11.1 Å². The Kier molecular flexibility index (Phi) is 4.64. The molecule has 0 saturated heterocycles. The maximum Gasteiger partial charge on any atom is 0.270 e. The van der Waals surface area contributed by atoms with Gasteiger partial charge in [-0.25, -0.2) is 0 Å². The van der Waals surface area contributed by atoms with Crippen LogP contribution in [0.15, 0.2) is 42.5 Å². The first-order valence-corrected chi connectivity index (χ1v) is 6.63. The van der Waals surface area contributed by atoms with Crippen molar-refractivity contribution in [2.24, 2.45) is 0 Å². The average Bonchev–Trinajstić information content (AvgIpc) is 2.52. The molecule has 0 atom stereocenters. The first-order chi connectivity index (χ1) is 10.5. The number of ether oxygens (including phenoxy) is 1. The molecule has 5 heteroatoms. The molecule has 112 valence electrons. The van der Waals surface area contributed by atoms with Crippen molar-refractivity contribution in [2.75, 3.05) is 26.1 Å². The first kappa shape index (κ1) is 15.4. The predicted molar refractivity (Wildman–Crippen MR) is 86.4 cm³/mol. The minimum atomic E-state index is -0.419. The van der Waals surface area contributed by atoms with Crippen molar-refractivity contribution in [3.8, 4) is 17.6 Å². The van der Waals surface area contributed by atoms with E-state index < -0.39 is 4.92 Å². The number of benzene rings is 2. The van der Waals surface area contributed by atoms with E-state index in [0.29, 0.717) is 5.56 Å². The SMILES string of the molecule is COc1ccc(C#Cc2cc([N+](=O)[O-])ccc2N(C)C)cc1. The van der Waals surface area contributed by atoms with Crippen LogP contribution in [-0.4, -0.2) is 26.1 Å². The zero-order valence-electron chi connectivity index (χ0n) is 12.7. The zero-order valence-corrected chi connectivity index (χ0v) is 12.7. The molecule has 0 aromatic heterocycles. The van der Waals surface area contributed by atoms with Crippen LogP contribution in [0.5, 0.6) is 5.75 Å². The molecule has 0 aliphatic carbocycles. The zero-order chi connectivity index (χ0) is 16.1. The first-order valence-electron chi connectivity index (χ1n) is 6.63. The molecule has 0 aliphatic heterocycles. The van der Waals surface area contributed by atoms with E-state index in [1.807, 2.05) is 43.3 Å². The molecule has 0 aliphatic rings. The molecule has 0 N–H and O–H groups in total. The Morgan fingerprint density at radius 3 is 2.32 bits per heavy atom. The number of rotatable bonds is 3. The van der Waals surface area contributed by atoms with Crippen LogP contribution in [0, 0.1) is 22.0 Å². The summed E-state index contributed by atoms with van der Waals surface area (Å²) in [6, 6.07) is 12.0. The van der Waals surface area contributed by atoms with Gasteiger partial charge in [-0.15, -0.1) is 0 Å². The molecular formula is C17H16N2O3. The Morgan fingerprint density at radius 1 is 1.09 bits per heavy atom. The highest BCUT2D eigenvalue weighted by atomic mass is 16.6. The Morgan fingerprint density at radius 2 is 1.77 bits per heavy atom. The fourth-order valence-corrected chi connectivity index (χ4v) is 1.94. The Hall–Kier alpha value is -3.00. The molecule has 0 unspecified atom stereocenters. The Labute approximate surface area is 129 Å². The van der Waals surface area contributed by atoms with Crippen LogP contribution in [0.3, 0.4) is 0 Å². The molecule has 22 heavy (non-hydrogen) atoms. The molecular weight excluding hydrogens is 280 g/mol. The number of nitrogens with zero attached hydrogens (tertiary/aromatic N) is 2. The second-order valence-electron chi connectivity index (χ2n) is 4.83. The van der Waals surface area contributed by atoms with Gasteiger partial charge >= 0.3 is 0 Å². The van der Waals surface area contributed by atoms with Gasteiger partial charge in [0.25, 0.3) is 5.69 Å². The van der Waals surface area contributed by atoms with E-state index >= 15 is 0 Å². The van der Waals surface area contributed by atoms with Gasteiger partial charge in [0.15, 0.2) is 0 Å². The van der Waals surface area contributed by atoms with Crippen LogP contribution >= 0.6 is 0 Å². The summed E-state index contributed by atoms with van der Waals surface area (Å²) in [7, 11) is 5.35. The summed E-state index contributed by atoms with van der Waals surface area (Å²) in [5.41, 5.74) is 2.31. The lowest BCUT2D eigenvalue weighted by molar-refractivity contribution is -0.384. The van der Waals surface area contributed by atoms with Crippen molar-refractivity contribution in [3.63, 3.8) is 0 Å². The standard InChI is InChI=1S/C17H16N2O3/c1-18(2)17-11-8-15(19(20)21)12-14(17)7-4-13-5-9-16(22-3)10-6-13/h5-6,8-12H,1-3H3. The van der Waals surface area contributed by atoms with Gasteiger partial charge in [-0.1, -0.05) is 11.8 Å². The molecule has 0 saturated carbocycles. The topological polar surface area (TPSA) is 55.6 Å². The largest absolute Gasteiger partial charge is 0.497 e. The summed E-state index contributed by atoms with van der Waals surface area (Å²) < 4.78 is 5.09. The Balaban J connectivity index is 2.40. The number of nitro benzene ring substituents is 1. The number of hydrogen-bond acceptors (Lipinski definition) is 4. The number of anilines is 1. The molecule has 0 bridgehead atoms.